The van der Waals surface area contributed by atoms with Gasteiger partial charge in [-0.3, -0.25) is 0 Å². The number of rotatable bonds is 2. The number of hydrogen-bond donors (Lipinski definition) is 2. The van der Waals surface area contributed by atoms with Gasteiger partial charge in [-0.1, -0.05) is 11.6 Å². The van der Waals surface area contributed by atoms with Gasteiger partial charge >= 0.3 is 0 Å². The lowest BCUT2D eigenvalue weighted by Gasteiger charge is -2.24. The monoisotopic (exact) mass is 281 g/mol. The van der Waals surface area contributed by atoms with Crippen LogP contribution in [0.25, 0.3) is 0 Å². The summed E-state index contributed by atoms with van der Waals surface area (Å²) in [6.07, 6.45) is 0. The van der Waals surface area contributed by atoms with Gasteiger partial charge in [-0.05, 0) is 41.5 Å². The van der Waals surface area contributed by atoms with Crippen molar-refractivity contribution in [1.82, 2.24) is 9.97 Å². The van der Waals surface area contributed by atoms with Crippen molar-refractivity contribution >= 4 is 23.4 Å². The van der Waals surface area contributed by atoms with Gasteiger partial charge < -0.3 is 10.6 Å². The largest absolute Gasteiger partial charge is 0.364 e. The second-order valence-electron chi connectivity index (χ2n) is 6.42. The van der Waals surface area contributed by atoms with Gasteiger partial charge in [-0.2, -0.15) is 15.2 Å². The molecule has 0 bridgehead atoms. The molecular weight excluding hydrogens is 262 g/mol. The molecule has 1 aromatic heterocycles. The third-order valence-corrected chi connectivity index (χ3v) is 2.23. The predicted molar refractivity (Wildman–Crippen MR) is 78.5 cm³/mol. The van der Waals surface area contributed by atoms with E-state index in [0.29, 0.717) is 11.8 Å². The van der Waals surface area contributed by atoms with E-state index in [4.69, 9.17) is 16.9 Å². The molecule has 5 nitrogen and oxygen atoms in total. The zero-order chi connectivity index (χ0) is 14.8. The summed E-state index contributed by atoms with van der Waals surface area (Å²) in [6.45, 7) is 12.0. The van der Waals surface area contributed by atoms with E-state index in [1.54, 1.807) is 0 Å². The van der Waals surface area contributed by atoms with E-state index in [1.165, 1.54) is 0 Å². The third-order valence-electron chi connectivity index (χ3n) is 1.96. The molecule has 104 valence electrons. The smallest absolute Gasteiger partial charge is 0.226 e. The highest BCUT2D eigenvalue weighted by atomic mass is 35.5. The van der Waals surface area contributed by atoms with Gasteiger partial charge in [0, 0.05) is 11.1 Å². The Kier molecular flexibility index (Phi) is 4.26. The Bertz CT molecular complexity index is 505. The zero-order valence-corrected chi connectivity index (χ0v) is 13.0. The summed E-state index contributed by atoms with van der Waals surface area (Å²) in [5.41, 5.74) is -0.144. The number of nitrogens with zero attached hydrogens (tertiary/aromatic N) is 3. The van der Waals surface area contributed by atoms with Crippen LogP contribution in [0.2, 0.25) is 5.15 Å². The summed E-state index contributed by atoms with van der Waals surface area (Å²) in [6, 6.07) is 2.03. The van der Waals surface area contributed by atoms with Gasteiger partial charge in [0.25, 0.3) is 0 Å². The second kappa shape index (κ2) is 5.22. The Labute approximate surface area is 119 Å². The maximum Gasteiger partial charge on any atom is 0.226 e. The van der Waals surface area contributed by atoms with Gasteiger partial charge in [0.15, 0.2) is 11.0 Å². The highest BCUT2D eigenvalue weighted by molar-refractivity contribution is 6.31. The lowest BCUT2D eigenvalue weighted by atomic mass is 10.1. The van der Waals surface area contributed by atoms with Crippen LogP contribution in [0.3, 0.4) is 0 Å². The standard InChI is InChI=1S/C13H20ClN5/c1-12(2,3)18-10-8(7-15)9(14)16-11(17-10)19-13(4,5)6/h1-6H3,(H2,16,17,18,19). The zero-order valence-electron chi connectivity index (χ0n) is 12.2. The van der Waals surface area contributed by atoms with E-state index in [9.17, 15) is 0 Å². The minimum Gasteiger partial charge on any atom is -0.364 e. The fourth-order valence-corrected chi connectivity index (χ4v) is 1.58. The van der Waals surface area contributed by atoms with Crippen LogP contribution in [-0.2, 0) is 0 Å². The predicted octanol–water partition coefficient (Wildman–Crippen LogP) is 3.42. The molecular formula is C13H20ClN5. The average Bonchev–Trinajstić information content (AvgIpc) is 2.11. The average molecular weight is 282 g/mol. The lowest BCUT2D eigenvalue weighted by molar-refractivity contribution is 0.620. The number of nitriles is 1. The first kappa shape index (κ1) is 15.5. The van der Waals surface area contributed by atoms with E-state index in [0.717, 1.165) is 0 Å². The number of aromatic nitrogens is 2. The first-order chi connectivity index (χ1) is 8.52. The molecule has 0 aliphatic carbocycles. The summed E-state index contributed by atoms with van der Waals surface area (Å²) >= 11 is 6.04. The van der Waals surface area contributed by atoms with E-state index in [2.05, 4.69) is 20.6 Å². The van der Waals surface area contributed by atoms with Crippen LogP contribution in [-0.4, -0.2) is 21.0 Å². The first-order valence-electron chi connectivity index (χ1n) is 6.06. The van der Waals surface area contributed by atoms with Gasteiger partial charge in [0.1, 0.15) is 11.6 Å². The Morgan fingerprint density at radius 3 is 1.95 bits per heavy atom. The van der Waals surface area contributed by atoms with E-state index in [-0.39, 0.29) is 21.8 Å². The van der Waals surface area contributed by atoms with Crippen molar-refractivity contribution in [2.24, 2.45) is 0 Å². The molecule has 0 atom stereocenters. The number of hydrogen-bond acceptors (Lipinski definition) is 5. The highest BCUT2D eigenvalue weighted by Gasteiger charge is 2.20. The number of halogens is 1. The second-order valence-corrected chi connectivity index (χ2v) is 6.78. The van der Waals surface area contributed by atoms with Crippen molar-refractivity contribution in [3.05, 3.63) is 10.7 Å². The van der Waals surface area contributed by atoms with Gasteiger partial charge in [0.2, 0.25) is 5.95 Å². The van der Waals surface area contributed by atoms with Crippen molar-refractivity contribution < 1.29 is 0 Å². The van der Waals surface area contributed by atoms with Crippen molar-refractivity contribution in [3.8, 4) is 6.07 Å². The minimum atomic E-state index is -0.220. The topological polar surface area (TPSA) is 73.6 Å². The van der Waals surface area contributed by atoms with Crippen molar-refractivity contribution in [2.75, 3.05) is 10.6 Å². The molecule has 0 amide bonds. The highest BCUT2D eigenvalue weighted by Crippen LogP contribution is 2.25. The molecule has 6 heteroatoms. The maximum atomic E-state index is 9.14. The summed E-state index contributed by atoms with van der Waals surface area (Å²) in [5, 5.41) is 15.6. The molecule has 0 spiro atoms. The molecule has 0 unspecified atom stereocenters. The van der Waals surface area contributed by atoms with Crippen molar-refractivity contribution in [1.29, 1.82) is 5.26 Å². The Morgan fingerprint density at radius 2 is 1.53 bits per heavy atom. The summed E-state index contributed by atoms with van der Waals surface area (Å²) in [7, 11) is 0. The first-order valence-corrected chi connectivity index (χ1v) is 6.43. The van der Waals surface area contributed by atoms with Crippen LogP contribution in [0, 0.1) is 11.3 Å². The van der Waals surface area contributed by atoms with Gasteiger partial charge in [0.05, 0.1) is 0 Å². The molecule has 0 saturated heterocycles. The Morgan fingerprint density at radius 1 is 1.00 bits per heavy atom. The minimum absolute atomic E-state index is 0.149. The molecule has 19 heavy (non-hydrogen) atoms. The van der Waals surface area contributed by atoms with E-state index >= 15 is 0 Å². The molecule has 0 saturated carbocycles. The van der Waals surface area contributed by atoms with Crippen LogP contribution in [0.15, 0.2) is 0 Å². The Hall–Kier alpha value is -1.54. The van der Waals surface area contributed by atoms with Crippen LogP contribution in [0.1, 0.15) is 47.1 Å². The molecule has 1 heterocycles. The lowest BCUT2D eigenvalue weighted by Crippen LogP contribution is -2.30. The normalized spacial score (nSPS) is 11.9. The quantitative estimate of drug-likeness (QED) is 0.813. The molecule has 0 aliphatic heterocycles. The Balaban J connectivity index is 3.24. The SMILES string of the molecule is CC(C)(C)Nc1nc(Cl)c(C#N)c(NC(C)(C)C)n1. The van der Waals surface area contributed by atoms with Crippen molar-refractivity contribution in [2.45, 2.75) is 52.6 Å². The van der Waals surface area contributed by atoms with Crippen LogP contribution < -0.4 is 10.6 Å². The van der Waals surface area contributed by atoms with Crippen LogP contribution >= 0.6 is 11.6 Å². The van der Waals surface area contributed by atoms with Gasteiger partial charge in [-0.25, -0.2) is 0 Å². The van der Waals surface area contributed by atoms with Crippen LogP contribution in [0.5, 0.6) is 0 Å². The maximum absolute atomic E-state index is 9.14. The number of nitrogens with one attached hydrogen (secondary N) is 2. The van der Waals surface area contributed by atoms with Crippen molar-refractivity contribution in [3.63, 3.8) is 0 Å². The summed E-state index contributed by atoms with van der Waals surface area (Å²) in [4.78, 5) is 8.44. The summed E-state index contributed by atoms with van der Waals surface area (Å²) in [5.74, 6) is 0.852. The molecule has 0 aromatic carbocycles. The molecule has 0 aliphatic rings. The fourth-order valence-electron chi connectivity index (χ4n) is 1.37. The molecule has 0 fully saturated rings. The third kappa shape index (κ3) is 4.92. The summed E-state index contributed by atoms with van der Waals surface area (Å²) < 4.78 is 0. The van der Waals surface area contributed by atoms with E-state index in [1.807, 2.05) is 47.6 Å². The molecule has 0 radical (unpaired) electrons. The van der Waals surface area contributed by atoms with Crippen LogP contribution in [0.4, 0.5) is 11.8 Å². The number of anilines is 2. The van der Waals surface area contributed by atoms with E-state index < -0.39 is 0 Å². The van der Waals surface area contributed by atoms with Gasteiger partial charge in [-0.15, -0.1) is 0 Å². The molecule has 1 rings (SSSR count). The fraction of sp³-hybridized carbons (Fsp3) is 0.615. The molecule has 1 aromatic rings. The molecule has 2 N–H and O–H groups in total.